The van der Waals surface area contributed by atoms with Gasteiger partial charge >= 0.3 is 0 Å². The summed E-state index contributed by atoms with van der Waals surface area (Å²) in [7, 11) is 0. The Labute approximate surface area is 165 Å². The number of ether oxygens (including phenoxy) is 1. The first-order valence-electron chi connectivity index (χ1n) is 10.1. The number of para-hydroxylation sites is 2. The highest BCUT2D eigenvalue weighted by molar-refractivity contribution is 5.92. The van der Waals surface area contributed by atoms with E-state index in [0.717, 1.165) is 63.6 Å². The zero-order chi connectivity index (χ0) is 19.2. The SMILES string of the molecule is O=C(c1ccc(Nc2ccccc2N2CCOCC2)nn1)N1CCCCCC1. The molecule has 2 aliphatic rings. The Kier molecular flexibility index (Phi) is 6.01. The summed E-state index contributed by atoms with van der Waals surface area (Å²) in [6.07, 6.45) is 4.52. The number of amides is 1. The van der Waals surface area contributed by atoms with Crippen molar-refractivity contribution in [1.82, 2.24) is 15.1 Å². The maximum absolute atomic E-state index is 12.7. The second-order valence-electron chi connectivity index (χ2n) is 7.25. The number of rotatable bonds is 4. The molecule has 0 aliphatic carbocycles. The van der Waals surface area contributed by atoms with Gasteiger partial charge in [-0.1, -0.05) is 25.0 Å². The van der Waals surface area contributed by atoms with Crippen molar-refractivity contribution in [2.75, 3.05) is 49.6 Å². The van der Waals surface area contributed by atoms with Gasteiger partial charge in [-0.15, -0.1) is 10.2 Å². The number of aromatic nitrogens is 2. The van der Waals surface area contributed by atoms with Crippen molar-refractivity contribution in [3.63, 3.8) is 0 Å². The van der Waals surface area contributed by atoms with Gasteiger partial charge in [0.05, 0.1) is 24.6 Å². The van der Waals surface area contributed by atoms with Gasteiger partial charge in [-0.2, -0.15) is 0 Å². The van der Waals surface area contributed by atoms with E-state index in [2.05, 4.69) is 26.5 Å². The second-order valence-corrected chi connectivity index (χ2v) is 7.25. The molecule has 7 heteroatoms. The van der Waals surface area contributed by atoms with Gasteiger partial charge in [-0.05, 0) is 37.1 Å². The van der Waals surface area contributed by atoms with E-state index in [9.17, 15) is 4.79 Å². The van der Waals surface area contributed by atoms with Crippen LogP contribution in [0.1, 0.15) is 36.2 Å². The van der Waals surface area contributed by atoms with Crippen molar-refractivity contribution in [2.24, 2.45) is 0 Å². The Hall–Kier alpha value is -2.67. The summed E-state index contributed by atoms with van der Waals surface area (Å²) in [6.45, 7) is 4.84. The molecule has 4 rings (SSSR count). The van der Waals surface area contributed by atoms with E-state index in [0.29, 0.717) is 11.5 Å². The maximum Gasteiger partial charge on any atom is 0.274 e. The van der Waals surface area contributed by atoms with Crippen LogP contribution in [-0.2, 0) is 4.74 Å². The monoisotopic (exact) mass is 381 g/mol. The molecule has 0 bridgehead atoms. The maximum atomic E-state index is 12.7. The number of nitrogens with zero attached hydrogens (tertiary/aromatic N) is 4. The van der Waals surface area contributed by atoms with Crippen LogP contribution in [0, 0.1) is 0 Å². The summed E-state index contributed by atoms with van der Waals surface area (Å²) in [5.74, 6) is 0.614. The number of carbonyl (C=O) groups excluding carboxylic acids is 1. The smallest absolute Gasteiger partial charge is 0.274 e. The van der Waals surface area contributed by atoms with Gasteiger partial charge in [0, 0.05) is 26.2 Å². The molecular formula is C21H27N5O2. The molecule has 1 amide bonds. The molecule has 0 saturated carbocycles. The summed E-state index contributed by atoms with van der Waals surface area (Å²) in [5.41, 5.74) is 2.51. The second kappa shape index (κ2) is 9.01. The highest BCUT2D eigenvalue weighted by Gasteiger charge is 2.19. The number of anilines is 3. The lowest BCUT2D eigenvalue weighted by Crippen LogP contribution is -2.36. The van der Waals surface area contributed by atoms with Crippen LogP contribution in [0.25, 0.3) is 0 Å². The molecule has 0 atom stereocenters. The Morgan fingerprint density at radius 3 is 2.36 bits per heavy atom. The number of carbonyl (C=O) groups is 1. The third kappa shape index (κ3) is 4.42. The fourth-order valence-corrected chi connectivity index (χ4v) is 3.75. The molecule has 28 heavy (non-hydrogen) atoms. The number of hydrogen-bond acceptors (Lipinski definition) is 6. The van der Waals surface area contributed by atoms with Crippen molar-refractivity contribution >= 4 is 23.1 Å². The number of nitrogens with one attached hydrogen (secondary N) is 1. The van der Waals surface area contributed by atoms with Gasteiger partial charge in [0.15, 0.2) is 11.5 Å². The predicted molar refractivity (Wildman–Crippen MR) is 109 cm³/mol. The number of morpholine rings is 1. The molecular weight excluding hydrogens is 354 g/mol. The van der Waals surface area contributed by atoms with Crippen LogP contribution >= 0.6 is 0 Å². The van der Waals surface area contributed by atoms with Crippen LogP contribution in [-0.4, -0.2) is 60.4 Å². The molecule has 1 N–H and O–H groups in total. The minimum absolute atomic E-state index is 0.0188. The van der Waals surface area contributed by atoms with Gasteiger partial charge < -0.3 is 19.9 Å². The van der Waals surface area contributed by atoms with E-state index >= 15 is 0 Å². The lowest BCUT2D eigenvalue weighted by atomic mass is 10.2. The van der Waals surface area contributed by atoms with Gasteiger partial charge in [-0.3, -0.25) is 4.79 Å². The third-order valence-corrected chi connectivity index (χ3v) is 5.30. The molecule has 0 unspecified atom stereocenters. The zero-order valence-electron chi connectivity index (χ0n) is 16.1. The summed E-state index contributed by atoms with van der Waals surface area (Å²) >= 11 is 0. The molecule has 2 aliphatic heterocycles. The number of hydrogen-bond donors (Lipinski definition) is 1. The van der Waals surface area contributed by atoms with Crippen molar-refractivity contribution in [3.05, 3.63) is 42.1 Å². The Morgan fingerprint density at radius 1 is 0.893 bits per heavy atom. The largest absolute Gasteiger partial charge is 0.378 e. The molecule has 1 aromatic heterocycles. The van der Waals surface area contributed by atoms with Gasteiger partial charge in [0.1, 0.15) is 0 Å². The average molecular weight is 381 g/mol. The molecule has 7 nitrogen and oxygen atoms in total. The Balaban J connectivity index is 1.45. The quantitative estimate of drug-likeness (QED) is 0.878. The van der Waals surface area contributed by atoms with Crippen LogP contribution in [0.3, 0.4) is 0 Å². The summed E-state index contributed by atoms with van der Waals surface area (Å²) in [6, 6.07) is 11.7. The van der Waals surface area contributed by atoms with Crippen LogP contribution in [0.15, 0.2) is 36.4 Å². The summed E-state index contributed by atoms with van der Waals surface area (Å²) < 4.78 is 5.45. The van der Waals surface area contributed by atoms with Gasteiger partial charge in [-0.25, -0.2) is 0 Å². The highest BCUT2D eigenvalue weighted by atomic mass is 16.5. The summed E-state index contributed by atoms with van der Waals surface area (Å²) in [5, 5.41) is 11.8. The minimum Gasteiger partial charge on any atom is -0.378 e. The molecule has 148 valence electrons. The fraction of sp³-hybridized carbons (Fsp3) is 0.476. The van der Waals surface area contributed by atoms with E-state index in [4.69, 9.17) is 4.74 Å². The molecule has 1 aromatic carbocycles. The van der Waals surface area contributed by atoms with Crippen molar-refractivity contribution < 1.29 is 9.53 Å². The molecule has 3 heterocycles. The third-order valence-electron chi connectivity index (χ3n) is 5.30. The normalized spacial score (nSPS) is 17.9. The first-order chi connectivity index (χ1) is 13.8. The van der Waals surface area contributed by atoms with Crippen LogP contribution in [0.2, 0.25) is 0 Å². The Morgan fingerprint density at radius 2 is 1.64 bits per heavy atom. The average Bonchev–Trinajstić information content (AvgIpc) is 3.04. The van der Waals surface area contributed by atoms with E-state index < -0.39 is 0 Å². The topological polar surface area (TPSA) is 70.6 Å². The lowest BCUT2D eigenvalue weighted by molar-refractivity contribution is 0.0754. The molecule has 2 saturated heterocycles. The van der Waals surface area contributed by atoms with Crippen molar-refractivity contribution in [1.29, 1.82) is 0 Å². The van der Waals surface area contributed by atoms with Crippen molar-refractivity contribution in [3.8, 4) is 0 Å². The van der Waals surface area contributed by atoms with Crippen LogP contribution in [0.4, 0.5) is 17.2 Å². The first-order valence-corrected chi connectivity index (χ1v) is 10.1. The van der Waals surface area contributed by atoms with Gasteiger partial charge in [0.25, 0.3) is 5.91 Å². The number of benzene rings is 1. The predicted octanol–water partition coefficient (Wildman–Crippen LogP) is 3.07. The van der Waals surface area contributed by atoms with E-state index in [-0.39, 0.29) is 5.91 Å². The van der Waals surface area contributed by atoms with E-state index in [1.54, 1.807) is 6.07 Å². The Bertz CT molecular complexity index is 782. The zero-order valence-corrected chi connectivity index (χ0v) is 16.1. The molecule has 0 radical (unpaired) electrons. The van der Waals surface area contributed by atoms with Crippen LogP contribution < -0.4 is 10.2 Å². The van der Waals surface area contributed by atoms with Crippen LogP contribution in [0.5, 0.6) is 0 Å². The van der Waals surface area contributed by atoms with Gasteiger partial charge in [0.2, 0.25) is 0 Å². The minimum atomic E-state index is -0.0188. The first kappa shape index (κ1) is 18.7. The summed E-state index contributed by atoms with van der Waals surface area (Å²) in [4.78, 5) is 16.9. The lowest BCUT2D eigenvalue weighted by Gasteiger charge is -2.30. The highest BCUT2D eigenvalue weighted by Crippen LogP contribution is 2.28. The fourth-order valence-electron chi connectivity index (χ4n) is 3.75. The molecule has 2 fully saturated rings. The van der Waals surface area contributed by atoms with Crippen molar-refractivity contribution in [2.45, 2.75) is 25.7 Å². The standard InChI is InChI=1S/C21H27N5O2/c27-21(26-11-5-1-2-6-12-26)18-9-10-20(24-23-18)22-17-7-3-4-8-19(17)25-13-15-28-16-14-25/h3-4,7-10H,1-2,5-6,11-16H2,(H,22,24). The van der Waals surface area contributed by atoms with E-state index in [1.165, 1.54) is 12.8 Å². The number of likely N-dealkylation sites (tertiary alicyclic amines) is 1. The molecule has 0 spiro atoms. The van der Waals surface area contributed by atoms with E-state index in [1.807, 2.05) is 29.2 Å². The molecule has 2 aromatic rings.